The van der Waals surface area contributed by atoms with Crippen molar-refractivity contribution in [2.75, 3.05) is 18.6 Å². The summed E-state index contributed by atoms with van der Waals surface area (Å²) >= 11 is 0. The van der Waals surface area contributed by atoms with Crippen molar-refractivity contribution in [3.8, 4) is 5.88 Å². The van der Waals surface area contributed by atoms with Gasteiger partial charge >= 0.3 is 0 Å². The van der Waals surface area contributed by atoms with Crippen LogP contribution in [0.5, 0.6) is 5.88 Å². The van der Waals surface area contributed by atoms with E-state index < -0.39 is 0 Å². The van der Waals surface area contributed by atoms with Crippen LogP contribution < -0.4 is 15.4 Å². The Bertz CT molecular complexity index is 385. The number of ether oxygens (including phenoxy) is 1. The number of nitrogens with zero attached hydrogens (tertiary/aromatic N) is 3. The minimum Gasteiger partial charge on any atom is -0.478 e. The first-order chi connectivity index (χ1) is 8.72. The molecular formula is C13H22N4O. The van der Waals surface area contributed by atoms with Crippen LogP contribution in [-0.2, 0) is 0 Å². The third-order valence-electron chi connectivity index (χ3n) is 3.56. The second-order valence-electron chi connectivity index (χ2n) is 4.77. The maximum absolute atomic E-state index is 6.20. The summed E-state index contributed by atoms with van der Waals surface area (Å²) in [5.74, 6) is 1.51. The molecule has 1 aliphatic carbocycles. The maximum Gasteiger partial charge on any atom is 0.218 e. The molecule has 0 saturated heterocycles. The molecule has 0 aliphatic heterocycles. The minimum absolute atomic E-state index is 0.231. The number of nitrogens with two attached hydrogens (primary N) is 1. The zero-order valence-electron chi connectivity index (χ0n) is 11.2. The summed E-state index contributed by atoms with van der Waals surface area (Å²) in [6.07, 6.45) is 6.25. The molecule has 1 aromatic rings. The lowest BCUT2D eigenvalue weighted by molar-refractivity contribution is 0.325. The van der Waals surface area contributed by atoms with Crippen LogP contribution in [-0.4, -0.2) is 35.7 Å². The average molecular weight is 250 g/mol. The lowest BCUT2D eigenvalue weighted by Crippen LogP contribution is -2.48. The minimum atomic E-state index is 0.231. The Kier molecular flexibility index (Phi) is 4.36. The molecule has 2 atom stereocenters. The van der Waals surface area contributed by atoms with Gasteiger partial charge in [0.15, 0.2) is 0 Å². The van der Waals surface area contributed by atoms with E-state index in [4.69, 9.17) is 10.5 Å². The standard InChI is InChI=1S/C13H22N4O/c1-3-18-13-8-12(15-9-16-13)17(2)11-7-5-4-6-10(11)14/h8-11H,3-7,14H2,1-2H3. The van der Waals surface area contributed by atoms with Crippen molar-refractivity contribution in [3.63, 3.8) is 0 Å². The van der Waals surface area contributed by atoms with Crippen molar-refractivity contribution in [1.82, 2.24) is 9.97 Å². The molecule has 2 unspecified atom stereocenters. The molecule has 0 bridgehead atoms. The Morgan fingerprint density at radius 3 is 2.89 bits per heavy atom. The number of hydrogen-bond donors (Lipinski definition) is 1. The van der Waals surface area contributed by atoms with Crippen molar-refractivity contribution in [2.24, 2.45) is 5.73 Å². The Labute approximate surface area is 108 Å². The van der Waals surface area contributed by atoms with Crippen molar-refractivity contribution in [1.29, 1.82) is 0 Å². The van der Waals surface area contributed by atoms with Crippen molar-refractivity contribution < 1.29 is 4.74 Å². The fraction of sp³-hybridized carbons (Fsp3) is 0.692. The summed E-state index contributed by atoms with van der Waals surface area (Å²) < 4.78 is 5.40. The number of rotatable bonds is 4. The van der Waals surface area contributed by atoms with E-state index >= 15 is 0 Å². The van der Waals surface area contributed by atoms with E-state index in [0.717, 1.165) is 18.7 Å². The SMILES string of the molecule is CCOc1cc(N(C)C2CCCCC2N)ncn1. The quantitative estimate of drug-likeness (QED) is 0.879. The molecular weight excluding hydrogens is 228 g/mol. The fourth-order valence-electron chi connectivity index (χ4n) is 2.54. The molecule has 1 saturated carbocycles. The molecule has 2 rings (SSSR count). The largest absolute Gasteiger partial charge is 0.478 e. The molecule has 1 aromatic heterocycles. The normalized spacial score (nSPS) is 23.7. The zero-order chi connectivity index (χ0) is 13.0. The third kappa shape index (κ3) is 2.90. The molecule has 0 amide bonds. The average Bonchev–Trinajstić information content (AvgIpc) is 2.39. The van der Waals surface area contributed by atoms with E-state index in [9.17, 15) is 0 Å². The smallest absolute Gasteiger partial charge is 0.218 e. The second-order valence-corrected chi connectivity index (χ2v) is 4.77. The highest BCUT2D eigenvalue weighted by Gasteiger charge is 2.26. The number of anilines is 1. The van der Waals surface area contributed by atoms with Gasteiger partial charge in [-0.2, -0.15) is 0 Å². The Morgan fingerprint density at radius 2 is 2.17 bits per heavy atom. The highest BCUT2D eigenvalue weighted by molar-refractivity contribution is 5.41. The van der Waals surface area contributed by atoms with Gasteiger partial charge in [-0.05, 0) is 19.8 Å². The first-order valence-corrected chi connectivity index (χ1v) is 6.65. The van der Waals surface area contributed by atoms with E-state index in [1.54, 1.807) is 6.33 Å². The topological polar surface area (TPSA) is 64.3 Å². The van der Waals surface area contributed by atoms with E-state index in [-0.39, 0.29) is 6.04 Å². The molecule has 100 valence electrons. The number of hydrogen-bond acceptors (Lipinski definition) is 5. The summed E-state index contributed by atoms with van der Waals surface area (Å²) in [6, 6.07) is 2.47. The lowest BCUT2D eigenvalue weighted by atomic mass is 9.90. The van der Waals surface area contributed by atoms with Gasteiger partial charge in [0.05, 0.1) is 6.61 Å². The first-order valence-electron chi connectivity index (χ1n) is 6.65. The van der Waals surface area contributed by atoms with Crippen LogP contribution in [0, 0.1) is 0 Å². The van der Waals surface area contributed by atoms with Crippen LogP contribution in [0.2, 0.25) is 0 Å². The molecule has 5 nitrogen and oxygen atoms in total. The highest BCUT2D eigenvalue weighted by atomic mass is 16.5. The van der Waals surface area contributed by atoms with Crippen molar-refractivity contribution in [3.05, 3.63) is 12.4 Å². The van der Waals surface area contributed by atoms with Crippen LogP contribution in [0.1, 0.15) is 32.6 Å². The lowest BCUT2D eigenvalue weighted by Gasteiger charge is -2.36. The zero-order valence-corrected chi connectivity index (χ0v) is 11.2. The van der Waals surface area contributed by atoms with Crippen molar-refractivity contribution >= 4 is 5.82 Å². The predicted octanol–water partition coefficient (Wildman–Crippen LogP) is 1.58. The molecule has 18 heavy (non-hydrogen) atoms. The summed E-state index contributed by atoms with van der Waals surface area (Å²) in [6.45, 7) is 2.56. The van der Waals surface area contributed by atoms with Crippen LogP contribution in [0.15, 0.2) is 12.4 Å². The molecule has 1 aliphatic rings. The van der Waals surface area contributed by atoms with Gasteiger partial charge in [-0.25, -0.2) is 9.97 Å². The van der Waals surface area contributed by atoms with E-state index in [2.05, 4.69) is 14.9 Å². The Balaban J connectivity index is 2.11. The molecule has 1 heterocycles. The summed E-state index contributed by atoms with van der Waals surface area (Å²) in [4.78, 5) is 10.6. The molecule has 1 fully saturated rings. The Morgan fingerprint density at radius 1 is 1.39 bits per heavy atom. The van der Waals surface area contributed by atoms with Gasteiger partial charge in [0.25, 0.3) is 0 Å². The first kappa shape index (κ1) is 13.1. The van der Waals surface area contributed by atoms with E-state index in [1.165, 1.54) is 12.8 Å². The Hall–Kier alpha value is -1.36. The van der Waals surface area contributed by atoms with Gasteiger partial charge in [-0.15, -0.1) is 0 Å². The number of likely N-dealkylation sites (N-methyl/N-ethyl adjacent to an activating group) is 1. The highest BCUT2D eigenvalue weighted by Crippen LogP contribution is 2.25. The van der Waals surface area contributed by atoms with Crippen LogP contribution in [0.25, 0.3) is 0 Å². The van der Waals surface area contributed by atoms with Crippen LogP contribution in [0.4, 0.5) is 5.82 Å². The molecule has 0 radical (unpaired) electrons. The fourth-order valence-corrected chi connectivity index (χ4v) is 2.54. The monoisotopic (exact) mass is 250 g/mol. The van der Waals surface area contributed by atoms with Gasteiger partial charge in [-0.1, -0.05) is 12.8 Å². The maximum atomic E-state index is 6.20. The molecule has 2 N–H and O–H groups in total. The van der Waals surface area contributed by atoms with Crippen LogP contribution >= 0.6 is 0 Å². The van der Waals surface area contributed by atoms with E-state index in [1.807, 2.05) is 20.0 Å². The third-order valence-corrected chi connectivity index (χ3v) is 3.56. The van der Waals surface area contributed by atoms with E-state index in [0.29, 0.717) is 18.5 Å². The number of aromatic nitrogens is 2. The van der Waals surface area contributed by atoms with Gasteiger partial charge in [0.2, 0.25) is 5.88 Å². The summed E-state index contributed by atoms with van der Waals surface area (Å²) in [5.41, 5.74) is 6.20. The summed E-state index contributed by atoms with van der Waals surface area (Å²) in [5, 5.41) is 0. The van der Waals surface area contributed by atoms with Gasteiger partial charge in [0.1, 0.15) is 12.1 Å². The van der Waals surface area contributed by atoms with Crippen LogP contribution in [0.3, 0.4) is 0 Å². The van der Waals surface area contributed by atoms with Gasteiger partial charge in [-0.3, -0.25) is 0 Å². The summed E-state index contributed by atoms with van der Waals surface area (Å²) in [7, 11) is 2.05. The molecule has 5 heteroatoms. The molecule has 0 aromatic carbocycles. The second kappa shape index (κ2) is 6.00. The van der Waals surface area contributed by atoms with Crippen molar-refractivity contribution in [2.45, 2.75) is 44.7 Å². The predicted molar refractivity (Wildman–Crippen MR) is 71.8 cm³/mol. The van der Waals surface area contributed by atoms with Gasteiger partial charge < -0.3 is 15.4 Å². The van der Waals surface area contributed by atoms with Gasteiger partial charge in [0, 0.05) is 25.2 Å². The molecule has 0 spiro atoms.